The Kier molecular flexibility index (Phi) is 3.43. The van der Waals surface area contributed by atoms with Gasteiger partial charge >= 0.3 is 0 Å². The van der Waals surface area contributed by atoms with Crippen LogP contribution in [0.1, 0.15) is 39.4 Å². The van der Waals surface area contributed by atoms with Crippen LogP contribution in [0, 0.1) is 0 Å². The van der Waals surface area contributed by atoms with E-state index in [0.29, 0.717) is 0 Å². The average molecular weight is 250 g/mol. The maximum atomic E-state index is 11.7. The summed E-state index contributed by atoms with van der Waals surface area (Å²) in [5.74, 6) is 1.78. The predicted octanol–water partition coefficient (Wildman–Crippen LogP) is 1.08. The molecule has 18 heavy (non-hydrogen) atoms. The van der Waals surface area contributed by atoms with Crippen molar-refractivity contribution >= 4 is 5.82 Å². The number of piperazine rings is 1. The zero-order valence-corrected chi connectivity index (χ0v) is 11.6. The van der Waals surface area contributed by atoms with Crippen LogP contribution in [-0.4, -0.2) is 35.1 Å². The molecule has 0 unspecified atom stereocenters. The quantitative estimate of drug-likeness (QED) is 0.824. The van der Waals surface area contributed by atoms with Crippen molar-refractivity contribution < 1.29 is 0 Å². The van der Waals surface area contributed by atoms with Gasteiger partial charge in [0, 0.05) is 37.2 Å². The lowest BCUT2D eigenvalue weighted by atomic mass is 10.0. The number of hydrogen-bond donors (Lipinski definition) is 2. The molecule has 1 saturated heterocycles. The van der Waals surface area contributed by atoms with Crippen LogP contribution in [-0.2, 0) is 0 Å². The normalized spacial score (nSPS) is 19.3. The summed E-state index contributed by atoms with van der Waals surface area (Å²) >= 11 is 0. The predicted molar refractivity (Wildman–Crippen MR) is 73.2 cm³/mol. The van der Waals surface area contributed by atoms with Crippen molar-refractivity contribution in [3.63, 3.8) is 0 Å². The molecule has 2 N–H and O–H groups in total. The first-order valence-electron chi connectivity index (χ1n) is 6.49. The zero-order chi connectivity index (χ0) is 13.3. The number of rotatable bonds is 2. The number of aromatic amines is 1. The summed E-state index contributed by atoms with van der Waals surface area (Å²) in [5.41, 5.74) is -0.0133. The van der Waals surface area contributed by atoms with Gasteiger partial charge in [0.15, 0.2) is 0 Å². The minimum Gasteiger partial charge on any atom is -0.353 e. The molecular formula is C13H22N4O. The lowest BCUT2D eigenvalue weighted by Gasteiger charge is -2.39. The van der Waals surface area contributed by atoms with E-state index in [2.05, 4.69) is 34.0 Å². The van der Waals surface area contributed by atoms with Crippen molar-refractivity contribution in [1.29, 1.82) is 0 Å². The molecule has 1 fully saturated rings. The Balaban J connectivity index is 2.30. The Morgan fingerprint density at radius 3 is 2.78 bits per heavy atom. The van der Waals surface area contributed by atoms with Crippen LogP contribution in [0.25, 0.3) is 0 Å². The summed E-state index contributed by atoms with van der Waals surface area (Å²) in [5, 5.41) is 3.45. The number of H-pyrrole nitrogens is 1. The third kappa shape index (κ3) is 2.90. The fourth-order valence-corrected chi connectivity index (χ4v) is 2.24. The average Bonchev–Trinajstić information content (AvgIpc) is 2.26. The van der Waals surface area contributed by atoms with Gasteiger partial charge in [-0.15, -0.1) is 0 Å². The second-order valence-corrected chi connectivity index (χ2v) is 5.88. The van der Waals surface area contributed by atoms with Crippen molar-refractivity contribution in [2.45, 2.75) is 39.2 Å². The van der Waals surface area contributed by atoms with E-state index < -0.39 is 0 Å². The maximum absolute atomic E-state index is 11.7. The fourth-order valence-electron chi connectivity index (χ4n) is 2.24. The van der Waals surface area contributed by atoms with E-state index in [9.17, 15) is 4.79 Å². The van der Waals surface area contributed by atoms with Gasteiger partial charge in [0.1, 0.15) is 11.6 Å². The Morgan fingerprint density at radius 2 is 2.17 bits per heavy atom. The molecule has 0 bridgehead atoms. The Hall–Kier alpha value is -1.36. The van der Waals surface area contributed by atoms with Crippen LogP contribution in [0.2, 0.25) is 0 Å². The number of hydrogen-bond acceptors (Lipinski definition) is 4. The molecule has 1 aliphatic rings. The highest BCUT2D eigenvalue weighted by atomic mass is 16.1. The van der Waals surface area contributed by atoms with E-state index in [1.807, 2.05) is 13.8 Å². The van der Waals surface area contributed by atoms with E-state index in [-0.39, 0.29) is 17.0 Å². The molecule has 1 aliphatic heterocycles. The second kappa shape index (κ2) is 4.72. The summed E-state index contributed by atoms with van der Waals surface area (Å²) in [4.78, 5) is 21.2. The highest BCUT2D eigenvalue weighted by Crippen LogP contribution is 2.18. The molecule has 0 aromatic carbocycles. The number of anilines is 1. The largest absolute Gasteiger partial charge is 0.353 e. The topological polar surface area (TPSA) is 61.0 Å². The number of nitrogens with one attached hydrogen (secondary N) is 2. The molecule has 2 heterocycles. The van der Waals surface area contributed by atoms with Crippen LogP contribution in [0.15, 0.2) is 10.9 Å². The van der Waals surface area contributed by atoms with Crippen molar-refractivity contribution in [1.82, 2.24) is 15.3 Å². The monoisotopic (exact) mass is 250 g/mol. The molecule has 0 spiro atoms. The fraction of sp³-hybridized carbons (Fsp3) is 0.692. The van der Waals surface area contributed by atoms with Gasteiger partial charge in [0.05, 0.1) is 0 Å². The van der Waals surface area contributed by atoms with E-state index in [1.165, 1.54) is 0 Å². The summed E-state index contributed by atoms with van der Waals surface area (Å²) in [6, 6.07) is 1.59. The van der Waals surface area contributed by atoms with Crippen molar-refractivity contribution in [2.24, 2.45) is 0 Å². The molecule has 0 saturated carbocycles. The molecule has 0 atom stereocenters. The zero-order valence-electron chi connectivity index (χ0n) is 11.6. The molecule has 0 aliphatic carbocycles. The second-order valence-electron chi connectivity index (χ2n) is 5.88. The number of aromatic nitrogens is 2. The summed E-state index contributed by atoms with van der Waals surface area (Å²) in [6.45, 7) is 11.1. The molecule has 1 aromatic rings. The van der Waals surface area contributed by atoms with Crippen molar-refractivity contribution in [3.8, 4) is 0 Å². The highest BCUT2D eigenvalue weighted by Gasteiger charge is 2.26. The van der Waals surface area contributed by atoms with Crippen molar-refractivity contribution in [2.75, 3.05) is 24.5 Å². The van der Waals surface area contributed by atoms with Crippen LogP contribution in [0.4, 0.5) is 5.82 Å². The molecule has 2 rings (SSSR count). The van der Waals surface area contributed by atoms with Gasteiger partial charge in [-0.25, -0.2) is 4.98 Å². The molecule has 1 aromatic heterocycles. The Bertz CT molecular complexity index is 478. The van der Waals surface area contributed by atoms with Gasteiger partial charge in [-0.05, 0) is 13.8 Å². The summed E-state index contributed by atoms with van der Waals surface area (Å²) in [6.07, 6.45) is 0. The maximum Gasteiger partial charge on any atom is 0.252 e. The van der Waals surface area contributed by atoms with E-state index in [0.717, 1.165) is 31.3 Å². The van der Waals surface area contributed by atoms with Gasteiger partial charge in [0.25, 0.3) is 5.56 Å². The van der Waals surface area contributed by atoms with Crippen LogP contribution in [0.3, 0.4) is 0 Å². The summed E-state index contributed by atoms with van der Waals surface area (Å²) < 4.78 is 0. The van der Waals surface area contributed by atoms with Crippen LogP contribution in [0.5, 0.6) is 0 Å². The van der Waals surface area contributed by atoms with E-state index in [4.69, 9.17) is 0 Å². The lowest BCUT2D eigenvalue weighted by molar-refractivity contribution is 0.351. The third-order valence-electron chi connectivity index (χ3n) is 3.19. The summed E-state index contributed by atoms with van der Waals surface area (Å²) in [7, 11) is 0. The standard InChI is InChI=1S/C13H22N4O/c1-9(2)12-15-10(7-11(18)16-12)17-6-5-14-13(3,4)8-17/h7,9,14H,5-6,8H2,1-4H3,(H,15,16,18). The lowest BCUT2D eigenvalue weighted by Crippen LogP contribution is -2.57. The first kappa shape index (κ1) is 13.1. The van der Waals surface area contributed by atoms with Crippen LogP contribution >= 0.6 is 0 Å². The molecule has 0 radical (unpaired) electrons. The van der Waals surface area contributed by atoms with Crippen molar-refractivity contribution in [3.05, 3.63) is 22.2 Å². The Labute approximate surface area is 108 Å². The Morgan fingerprint density at radius 1 is 1.44 bits per heavy atom. The molecule has 100 valence electrons. The minimum absolute atomic E-state index is 0.0561. The first-order valence-corrected chi connectivity index (χ1v) is 6.49. The molecule has 0 amide bonds. The van der Waals surface area contributed by atoms with Crippen LogP contribution < -0.4 is 15.8 Å². The van der Waals surface area contributed by atoms with Gasteiger partial charge in [-0.2, -0.15) is 0 Å². The van der Waals surface area contributed by atoms with Gasteiger partial charge in [-0.3, -0.25) is 4.79 Å². The smallest absolute Gasteiger partial charge is 0.252 e. The number of nitrogens with zero attached hydrogens (tertiary/aromatic N) is 2. The molecule has 5 heteroatoms. The first-order chi connectivity index (χ1) is 8.37. The SMILES string of the molecule is CC(C)c1nc(N2CCNC(C)(C)C2)cc(=O)[nH]1. The van der Waals surface area contributed by atoms with Gasteiger partial charge in [-0.1, -0.05) is 13.8 Å². The molecule has 5 nitrogen and oxygen atoms in total. The van der Waals surface area contributed by atoms with E-state index >= 15 is 0 Å². The van der Waals surface area contributed by atoms with Gasteiger partial charge in [0.2, 0.25) is 0 Å². The minimum atomic E-state index is -0.0694. The van der Waals surface area contributed by atoms with Gasteiger partial charge < -0.3 is 15.2 Å². The highest BCUT2D eigenvalue weighted by molar-refractivity contribution is 5.39. The molecular weight excluding hydrogens is 228 g/mol. The van der Waals surface area contributed by atoms with E-state index in [1.54, 1.807) is 6.07 Å². The third-order valence-corrected chi connectivity index (χ3v) is 3.19.